The molecule has 2 aliphatic rings. The van der Waals surface area contributed by atoms with E-state index in [1.807, 2.05) is 18.7 Å². The smallest absolute Gasteiger partial charge is 0.261 e. The van der Waals surface area contributed by atoms with E-state index in [-0.39, 0.29) is 52.1 Å². The van der Waals surface area contributed by atoms with Gasteiger partial charge in [-0.1, -0.05) is 23.2 Å². The predicted molar refractivity (Wildman–Crippen MR) is 96.1 cm³/mol. The Balaban J connectivity index is 1.71. The summed E-state index contributed by atoms with van der Waals surface area (Å²) < 4.78 is 0. The largest absolute Gasteiger partial charge is 0.337 e. The van der Waals surface area contributed by atoms with Gasteiger partial charge in [0, 0.05) is 25.0 Å². The number of benzene rings is 1. The second-order valence-electron chi connectivity index (χ2n) is 6.75. The van der Waals surface area contributed by atoms with E-state index in [2.05, 4.69) is 0 Å². The van der Waals surface area contributed by atoms with Crippen LogP contribution in [0.5, 0.6) is 0 Å². The summed E-state index contributed by atoms with van der Waals surface area (Å²) in [4.78, 5) is 40.5. The summed E-state index contributed by atoms with van der Waals surface area (Å²) in [7, 11) is 0. The van der Waals surface area contributed by atoms with Crippen LogP contribution < -0.4 is 0 Å². The quantitative estimate of drug-likeness (QED) is 0.747. The number of nitrogens with zero attached hydrogens (tertiary/aromatic N) is 2. The maximum absolute atomic E-state index is 12.6. The third kappa shape index (κ3) is 3.27. The Kier molecular flexibility index (Phi) is 5.07. The molecule has 0 N–H and O–H groups in total. The number of hydrogen-bond donors (Lipinski definition) is 0. The fourth-order valence-corrected chi connectivity index (χ4v) is 4.06. The topological polar surface area (TPSA) is 57.7 Å². The van der Waals surface area contributed by atoms with E-state index in [0.717, 1.165) is 24.2 Å². The molecule has 25 heavy (non-hydrogen) atoms. The molecule has 7 heteroatoms. The molecule has 3 amide bonds. The summed E-state index contributed by atoms with van der Waals surface area (Å²) in [6, 6.07) is 3.21. The van der Waals surface area contributed by atoms with Gasteiger partial charge in [-0.15, -0.1) is 0 Å². The molecule has 0 aromatic heterocycles. The zero-order valence-corrected chi connectivity index (χ0v) is 15.7. The minimum absolute atomic E-state index is 0.0210. The second-order valence-corrected chi connectivity index (χ2v) is 7.57. The highest BCUT2D eigenvalue weighted by atomic mass is 35.5. The third-order valence-corrected chi connectivity index (χ3v) is 5.76. The van der Waals surface area contributed by atoms with Crippen LogP contribution in [0.2, 0.25) is 10.0 Å². The summed E-state index contributed by atoms with van der Waals surface area (Å²) in [5.74, 6) is -0.871. The van der Waals surface area contributed by atoms with Gasteiger partial charge in [0.2, 0.25) is 5.91 Å². The molecule has 0 radical (unpaired) electrons. The van der Waals surface area contributed by atoms with Gasteiger partial charge in [0.15, 0.2) is 0 Å². The number of carbonyl (C=O) groups is 3. The fourth-order valence-electron chi connectivity index (χ4n) is 3.74. The van der Waals surface area contributed by atoms with Crippen LogP contribution in [-0.4, -0.2) is 46.1 Å². The molecule has 0 aliphatic carbocycles. The lowest BCUT2D eigenvalue weighted by molar-refractivity contribution is -0.137. The van der Waals surface area contributed by atoms with Gasteiger partial charge in [-0.25, -0.2) is 0 Å². The molecule has 2 heterocycles. The minimum Gasteiger partial charge on any atom is -0.337 e. The molecule has 134 valence electrons. The first-order valence-corrected chi connectivity index (χ1v) is 9.23. The highest BCUT2D eigenvalue weighted by molar-refractivity contribution is 6.43. The molecular weight excluding hydrogens is 363 g/mol. The van der Waals surface area contributed by atoms with Crippen LogP contribution in [0, 0.1) is 0 Å². The van der Waals surface area contributed by atoms with E-state index in [1.54, 1.807) is 0 Å². The van der Waals surface area contributed by atoms with E-state index in [9.17, 15) is 14.4 Å². The van der Waals surface area contributed by atoms with Crippen molar-refractivity contribution in [3.63, 3.8) is 0 Å². The summed E-state index contributed by atoms with van der Waals surface area (Å²) in [5.41, 5.74) is 0.484. The van der Waals surface area contributed by atoms with Gasteiger partial charge in [0.1, 0.15) is 0 Å². The van der Waals surface area contributed by atoms with E-state index in [0.29, 0.717) is 0 Å². The number of fused-ring (bicyclic) bond motifs is 1. The first-order valence-electron chi connectivity index (χ1n) is 8.47. The summed E-state index contributed by atoms with van der Waals surface area (Å²) >= 11 is 11.9. The summed E-state index contributed by atoms with van der Waals surface area (Å²) in [6.45, 7) is 4.15. The van der Waals surface area contributed by atoms with Crippen molar-refractivity contribution >= 4 is 40.9 Å². The molecular formula is C18H20Cl2N2O3. The van der Waals surface area contributed by atoms with Crippen LogP contribution in [0.3, 0.4) is 0 Å². The monoisotopic (exact) mass is 382 g/mol. The molecule has 2 atom stereocenters. The standard InChI is InChI=1S/C18H20Cl2N2O3/c1-10-4-3-5-11(2)22(10)16(23)6-7-21-17(24)12-8-14(19)15(20)9-13(12)18(21)25/h8-11H,3-7H2,1-2H3. The molecule has 2 aliphatic heterocycles. The van der Waals surface area contributed by atoms with E-state index in [4.69, 9.17) is 23.2 Å². The number of carbonyl (C=O) groups excluding carboxylic acids is 3. The SMILES string of the molecule is CC1CCCC(C)N1C(=O)CCN1C(=O)c2cc(Cl)c(Cl)cc2C1=O. The normalized spacial score (nSPS) is 23.2. The maximum Gasteiger partial charge on any atom is 0.261 e. The van der Waals surface area contributed by atoms with Crippen molar-refractivity contribution in [2.75, 3.05) is 6.54 Å². The van der Waals surface area contributed by atoms with Crippen molar-refractivity contribution in [2.45, 2.75) is 51.6 Å². The second kappa shape index (κ2) is 6.96. The third-order valence-electron chi connectivity index (χ3n) is 5.04. The summed E-state index contributed by atoms with van der Waals surface area (Å²) in [5, 5.41) is 0.464. The van der Waals surface area contributed by atoms with Crippen LogP contribution in [-0.2, 0) is 4.79 Å². The van der Waals surface area contributed by atoms with E-state index in [1.165, 1.54) is 12.1 Å². The number of piperidine rings is 1. The average Bonchev–Trinajstić information content (AvgIpc) is 2.77. The number of halogens is 2. The first kappa shape index (κ1) is 18.2. The number of rotatable bonds is 3. The van der Waals surface area contributed by atoms with Gasteiger partial charge in [0.05, 0.1) is 21.2 Å². The Hall–Kier alpha value is -1.59. The Labute approximate surface area is 156 Å². The predicted octanol–water partition coefficient (Wildman–Crippen LogP) is 3.77. The Morgan fingerprint density at radius 3 is 2.00 bits per heavy atom. The van der Waals surface area contributed by atoms with Crippen LogP contribution in [0.25, 0.3) is 0 Å². The van der Waals surface area contributed by atoms with Crippen molar-refractivity contribution in [3.8, 4) is 0 Å². The lowest BCUT2D eigenvalue weighted by atomic mass is 9.97. The Morgan fingerprint density at radius 1 is 1.04 bits per heavy atom. The van der Waals surface area contributed by atoms with Crippen LogP contribution in [0.4, 0.5) is 0 Å². The highest BCUT2D eigenvalue weighted by Crippen LogP contribution is 2.31. The molecule has 1 aromatic carbocycles. The van der Waals surface area contributed by atoms with Crippen LogP contribution in [0.15, 0.2) is 12.1 Å². The zero-order valence-electron chi connectivity index (χ0n) is 14.2. The average molecular weight is 383 g/mol. The van der Waals surface area contributed by atoms with Crippen molar-refractivity contribution in [1.82, 2.24) is 9.80 Å². The van der Waals surface area contributed by atoms with Crippen molar-refractivity contribution in [1.29, 1.82) is 0 Å². The van der Waals surface area contributed by atoms with Gasteiger partial charge in [0.25, 0.3) is 11.8 Å². The Bertz CT molecular complexity index is 699. The van der Waals surface area contributed by atoms with Crippen molar-refractivity contribution in [3.05, 3.63) is 33.3 Å². The molecule has 0 spiro atoms. The number of hydrogen-bond acceptors (Lipinski definition) is 3. The maximum atomic E-state index is 12.6. The minimum atomic E-state index is -0.425. The molecule has 2 unspecified atom stereocenters. The molecule has 1 aromatic rings. The molecule has 5 nitrogen and oxygen atoms in total. The highest BCUT2D eigenvalue weighted by Gasteiger charge is 2.37. The van der Waals surface area contributed by atoms with Crippen LogP contribution >= 0.6 is 23.2 Å². The van der Waals surface area contributed by atoms with Crippen LogP contribution in [0.1, 0.15) is 60.2 Å². The van der Waals surface area contributed by atoms with Gasteiger partial charge < -0.3 is 4.90 Å². The zero-order chi connectivity index (χ0) is 18.3. The molecule has 3 rings (SSSR count). The van der Waals surface area contributed by atoms with Gasteiger partial charge in [-0.05, 0) is 45.2 Å². The first-order chi connectivity index (χ1) is 11.8. The lowest BCUT2D eigenvalue weighted by Gasteiger charge is -2.39. The fraction of sp³-hybridized carbons (Fsp3) is 0.500. The van der Waals surface area contributed by atoms with Gasteiger partial charge in [-0.2, -0.15) is 0 Å². The summed E-state index contributed by atoms with van der Waals surface area (Å²) in [6.07, 6.45) is 3.22. The van der Waals surface area contributed by atoms with Gasteiger partial charge in [-0.3, -0.25) is 19.3 Å². The van der Waals surface area contributed by atoms with E-state index < -0.39 is 11.8 Å². The number of amides is 3. The molecule has 1 saturated heterocycles. The van der Waals surface area contributed by atoms with Gasteiger partial charge >= 0.3 is 0 Å². The number of imide groups is 1. The van der Waals surface area contributed by atoms with Crippen molar-refractivity contribution < 1.29 is 14.4 Å². The Morgan fingerprint density at radius 2 is 1.52 bits per heavy atom. The molecule has 1 fully saturated rings. The number of likely N-dealkylation sites (tertiary alicyclic amines) is 1. The van der Waals surface area contributed by atoms with E-state index >= 15 is 0 Å². The van der Waals surface area contributed by atoms with Crippen molar-refractivity contribution in [2.24, 2.45) is 0 Å². The molecule has 0 saturated carbocycles. The molecule has 0 bridgehead atoms. The lowest BCUT2D eigenvalue weighted by Crippen LogP contribution is -2.48.